The largest absolute Gasteiger partial charge is 0.487 e. The van der Waals surface area contributed by atoms with Gasteiger partial charge in [-0.3, -0.25) is 4.68 Å². The number of nitrogens with zero attached hydrogens (tertiary/aromatic N) is 2. The molecule has 0 aliphatic rings. The molecule has 0 saturated carbocycles. The normalized spacial score (nSPS) is 10.3. The SMILES string of the molecule is COC(=O)c1ccc(OCc2cc(C)nn2C)cc1. The van der Waals surface area contributed by atoms with Crippen LogP contribution < -0.4 is 4.74 Å². The third-order valence-corrected chi connectivity index (χ3v) is 2.76. The monoisotopic (exact) mass is 260 g/mol. The van der Waals surface area contributed by atoms with Crippen LogP contribution in [0.2, 0.25) is 0 Å². The molecule has 1 aromatic heterocycles. The van der Waals surface area contributed by atoms with Crippen molar-refractivity contribution in [1.82, 2.24) is 9.78 Å². The highest BCUT2D eigenvalue weighted by Gasteiger charge is 2.06. The molecule has 0 saturated heterocycles. The Hall–Kier alpha value is -2.30. The number of carbonyl (C=O) groups excluding carboxylic acids is 1. The molecule has 100 valence electrons. The number of carbonyl (C=O) groups is 1. The lowest BCUT2D eigenvalue weighted by Gasteiger charge is -2.07. The predicted molar refractivity (Wildman–Crippen MR) is 70.1 cm³/mol. The summed E-state index contributed by atoms with van der Waals surface area (Å²) in [6.45, 7) is 2.38. The van der Waals surface area contributed by atoms with Crippen LogP contribution in [0, 0.1) is 6.92 Å². The molecule has 0 radical (unpaired) electrons. The van der Waals surface area contributed by atoms with Gasteiger partial charge in [0, 0.05) is 7.05 Å². The molecule has 0 bridgehead atoms. The summed E-state index contributed by atoms with van der Waals surface area (Å²) in [5.41, 5.74) is 2.46. The van der Waals surface area contributed by atoms with Crippen molar-refractivity contribution in [2.24, 2.45) is 7.05 Å². The Balaban J connectivity index is 2.00. The van der Waals surface area contributed by atoms with E-state index in [1.165, 1.54) is 7.11 Å². The van der Waals surface area contributed by atoms with E-state index in [0.717, 1.165) is 11.4 Å². The fourth-order valence-electron chi connectivity index (χ4n) is 1.76. The lowest BCUT2D eigenvalue weighted by atomic mass is 10.2. The molecule has 0 aliphatic carbocycles. The van der Waals surface area contributed by atoms with Crippen LogP contribution in [0.5, 0.6) is 5.75 Å². The Morgan fingerprint density at radius 2 is 2.00 bits per heavy atom. The van der Waals surface area contributed by atoms with Crippen molar-refractivity contribution in [3.63, 3.8) is 0 Å². The maximum absolute atomic E-state index is 11.3. The van der Waals surface area contributed by atoms with Gasteiger partial charge in [-0.1, -0.05) is 0 Å². The van der Waals surface area contributed by atoms with Crippen LogP contribution in [0.15, 0.2) is 30.3 Å². The molecule has 2 aromatic rings. The van der Waals surface area contributed by atoms with Crippen LogP contribution in [0.25, 0.3) is 0 Å². The number of benzene rings is 1. The van der Waals surface area contributed by atoms with Gasteiger partial charge in [0.2, 0.25) is 0 Å². The Bertz CT molecular complexity index is 573. The lowest BCUT2D eigenvalue weighted by Crippen LogP contribution is -2.04. The number of hydrogen-bond acceptors (Lipinski definition) is 4. The minimum atomic E-state index is -0.353. The van der Waals surface area contributed by atoms with Gasteiger partial charge in [-0.05, 0) is 37.3 Å². The Morgan fingerprint density at radius 3 is 2.53 bits per heavy atom. The average Bonchev–Trinajstić information content (AvgIpc) is 2.74. The van der Waals surface area contributed by atoms with E-state index in [-0.39, 0.29) is 5.97 Å². The van der Waals surface area contributed by atoms with E-state index >= 15 is 0 Å². The van der Waals surface area contributed by atoms with Crippen LogP contribution in [0.1, 0.15) is 21.7 Å². The standard InChI is InChI=1S/C14H16N2O3/c1-10-8-12(16(2)15-10)9-19-13-6-4-11(5-7-13)14(17)18-3/h4-8H,9H2,1-3H3. The van der Waals surface area contributed by atoms with Crippen molar-refractivity contribution in [2.45, 2.75) is 13.5 Å². The molecule has 1 aromatic carbocycles. The van der Waals surface area contributed by atoms with Gasteiger partial charge in [0.05, 0.1) is 24.1 Å². The summed E-state index contributed by atoms with van der Waals surface area (Å²) in [7, 11) is 3.24. The molecule has 5 nitrogen and oxygen atoms in total. The highest BCUT2D eigenvalue weighted by atomic mass is 16.5. The molecular weight excluding hydrogens is 244 g/mol. The molecule has 0 fully saturated rings. The van der Waals surface area contributed by atoms with Gasteiger partial charge in [-0.15, -0.1) is 0 Å². The smallest absolute Gasteiger partial charge is 0.337 e. The Labute approximate surface area is 111 Å². The maximum atomic E-state index is 11.3. The summed E-state index contributed by atoms with van der Waals surface area (Å²) in [5.74, 6) is 0.348. The van der Waals surface area contributed by atoms with Gasteiger partial charge in [-0.2, -0.15) is 5.10 Å². The second-order valence-corrected chi connectivity index (χ2v) is 4.21. The topological polar surface area (TPSA) is 53.4 Å². The van der Waals surface area contributed by atoms with Crippen molar-refractivity contribution in [2.75, 3.05) is 7.11 Å². The van der Waals surface area contributed by atoms with Crippen molar-refractivity contribution in [3.05, 3.63) is 47.3 Å². The molecule has 0 atom stereocenters. The summed E-state index contributed by atoms with van der Waals surface area (Å²) < 4.78 is 12.1. The number of esters is 1. The van der Waals surface area contributed by atoms with Crippen LogP contribution in [-0.2, 0) is 18.4 Å². The van der Waals surface area contributed by atoms with Crippen molar-refractivity contribution >= 4 is 5.97 Å². The molecule has 0 amide bonds. The highest BCUT2D eigenvalue weighted by molar-refractivity contribution is 5.89. The summed E-state index contributed by atoms with van der Waals surface area (Å²) in [4.78, 5) is 11.3. The highest BCUT2D eigenvalue weighted by Crippen LogP contribution is 2.15. The zero-order valence-electron chi connectivity index (χ0n) is 11.2. The molecule has 2 rings (SSSR count). The van der Waals surface area contributed by atoms with Crippen LogP contribution in [0.4, 0.5) is 0 Å². The number of ether oxygens (including phenoxy) is 2. The predicted octanol–water partition coefficient (Wildman–Crippen LogP) is 2.09. The number of methoxy groups -OCH3 is 1. The van der Waals surface area contributed by atoms with E-state index in [9.17, 15) is 4.79 Å². The zero-order valence-corrected chi connectivity index (χ0v) is 11.2. The van der Waals surface area contributed by atoms with Crippen molar-refractivity contribution in [1.29, 1.82) is 0 Å². The van der Waals surface area contributed by atoms with E-state index < -0.39 is 0 Å². The summed E-state index contributed by atoms with van der Waals surface area (Å²) in [5, 5.41) is 4.25. The molecule has 0 aliphatic heterocycles. The third-order valence-electron chi connectivity index (χ3n) is 2.76. The van der Waals surface area contributed by atoms with Crippen molar-refractivity contribution < 1.29 is 14.3 Å². The maximum Gasteiger partial charge on any atom is 0.337 e. The van der Waals surface area contributed by atoms with E-state index in [2.05, 4.69) is 9.84 Å². The van der Waals surface area contributed by atoms with Gasteiger partial charge in [0.1, 0.15) is 12.4 Å². The molecule has 1 heterocycles. The van der Waals surface area contributed by atoms with Gasteiger partial charge in [0.15, 0.2) is 0 Å². The average molecular weight is 260 g/mol. The molecule has 0 unspecified atom stereocenters. The molecule has 19 heavy (non-hydrogen) atoms. The Morgan fingerprint density at radius 1 is 1.32 bits per heavy atom. The van der Waals surface area contributed by atoms with Crippen LogP contribution in [0.3, 0.4) is 0 Å². The molecule has 0 spiro atoms. The van der Waals surface area contributed by atoms with E-state index in [1.807, 2.05) is 20.0 Å². The van der Waals surface area contributed by atoms with Crippen molar-refractivity contribution in [3.8, 4) is 5.75 Å². The van der Waals surface area contributed by atoms with Gasteiger partial charge >= 0.3 is 5.97 Å². The van der Waals surface area contributed by atoms with Gasteiger partial charge < -0.3 is 9.47 Å². The van der Waals surface area contributed by atoms with Gasteiger partial charge in [-0.25, -0.2) is 4.79 Å². The summed E-state index contributed by atoms with van der Waals surface area (Å²) in [6.07, 6.45) is 0. The van der Waals surface area contributed by atoms with Crippen LogP contribution >= 0.6 is 0 Å². The number of aryl methyl sites for hydroxylation is 2. The second kappa shape index (κ2) is 5.56. The minimum absolute atomic E-state index is 0.353. The molecule has 0 N–H and O–H groups in total. The van der Waals surface area contributed by atoms with E-state index in [4.69, 9.17) is 4.74 Å². The number of hydrogen-bond donors (Lipinski definition) is 0. The van der Waals surface area contributed by atoms with Crippen LogP contribution in [-0.4, -0.2) is 22.9 Å². The summed E-state index contributed by atoms with van der Waals surface area (Å²) in [6, 6.07) is 8.82. The first-order chi connectivity index (χ1) is 9.10. The fraction of sp³-hybridized carbons (Fsp3) is 0.286. The summed E-state index contributed by atoms with van der Waals surface area (Å²) >= 11 is 0. The Kier molecular flexibility index (Phi) is 3.85. The minimum Gasteiger partial charge on any atom is -0.487 e. The fourth-order valence-corrected chi connectivity index (χ4v) is 1.76. The van der Waals surface area contributed by atoms with Gasteiger partial charge in [0.25, 0.3) is 0 Å². The van der Waals surface area contributed by atoms with E-state index in [0.29, 0.717) is 17.9 Å². The second-order valence-electron chi connectivity index (χ2n) is 4.21. The van der Waals surface area contributed by atoms with E-state index in [1.54, 1.807) is 28.9 Å². The first-order valence-corrected chi connectivity index (χ1v) is 5.91. The molecular formula is C14H16N2O3. The first-order valence-electron chi connectivity index (χ1n) is 5.91. The quantitative estimate of drug-likeness (QED) is 0.790. The third kappa shape index (κ3) is 3.13. The lowest BCUT2D eigenvalue weighted by molar-refractivity contribution is 0.0600. The number of aromatic nitrogens is 2. The molecule has 5 heteroatoms. The first kappa shape index (κ1) is 13.1. The number of rotatable bonds is 4. The zero-order chi connectivity index (χ0) is 13.8.